The Bertz CT molecular complexity index is 734. The van der Waals surface area contributed by atoms with Gasteiger partial charge in [-0.3, -0.25) is 0 Å². The lowest BCUT2D eigenvalue weighted by Crippen LogP contribution is -1.97. The molecule has 0 aliphatic rings. The second kappa shape index (κ2) is 6.19. The summed E-state index contributed by atoms with van der Waals surface area (Å²) in [5.74, 6) is 1.49. The summed E-state index contributed by atoms with van der Waals surface area (Å²) in [4.78, 5) is 4.65. The van der Waals surface area contributed by atoms with Crippen molar-refractivity contribution in [3.63, 3.8) is 0 Å². The number of benzene rings is 1. The minimum absolute atomic E-state index is 0.624. The number of fused-ring (bicyclic) bond motifs is 1. The van der Waals surface area contributed by atoms with Gasteiger partial charge in [0.1, 0.15) is 11.4 Å². The van der Waals surface area contributed by atoms with Crippen LogP contribution in [0.1, 0.15) is 12.0 Å². The average Bonchev–Trinajstić information content (AvgIpc) is 2.91. The lowest BCUT2D eigenvalue weighted by atomic mass is 10.2. The van der Waals surface area contributed by atoms with E-state index in [0.717, 1.165) is 29.1 Å². The Kier molecular flexibility index (Phi) is 4.11. The third kappa shape index (κ3) is 3.19. The van der Waals surface area contributed by atoms with E-state index in [1.807, 2.05) is 41.1 Å². The number of pyridine rings is 1. The predicted octanol–water partition coefficient (Wildman–Crippen LogP) is 4.32. The summed E-state index contributed by atoms with van der Waals surface area (Å²) in [5, 5.41) is 0. The Morgan fingerprint density at radius 2 is 2.00 bits per heavy atom. The summed E-state index contributed by atoms with van der Waals surface area (Å²) in [6, 6.07) is 12.2. The number of hydrogen-bond donors (Lipinski definition) is 0. The first-order valence-electron chi connectivity index (χ1n) is 7.01. The van der Waals surface area contributed by atoms with Gasteiger partial charge in [0.2, 0.25) is 0 Å². The third-order valence-electron chi connectivity index (χ3n) is 3.31. The van der Waals surface area contributed by atoms with Crippen LogP contribution in [0.2, 0.25) is 0 Å². The van der Waals surface area contributed by atoms with Crippen LogP contribution in [0.5, 0.6) is 5.75 Å². The van der Waals surface area contributed by atoms with Gasteiger partial charge in [-0.15, -0.1) is 11.6 Å². The maximum Gasteiger partial charge on any atom is 0.137 e. The molecule has 2 aromatic heterocycles. The molecule has 108 valence electrons. The van der Waals surface area contributed by atoms with E-state index in [4.69, 9.17) is 16.3 Å². The molecular weight excluding hydrogens is 284 g/mol. The van der Waals surface area contributed by atoms with E-state index < -0.39 is 0 Å². The van der Waals surface area contributed by atoms with Gasteiger partial charge in [-0.05, 0) is 55.3 Å². The van der Waals surface area contributed by atoms with Gasteiger partial charge in [-0.25, -0.2) is 4.98 Å². The number of imidazole rings is 1. The van der Waals surface area contributed by atoms with Crippen LogP contribution in [0.25, 0.3) is 16.9 Å². The molecule has 4 heteroatoms. The molecule has 1 aromatic carbocycles. The van der Waals surface area contributed by atoms with E-state index in [9.17, 15) is 0 Å². The minimum atomic E-state index is 0.624. The molecule has 3 nitrogen and oxygen atoms in total. The fourth-order valence-corrected chi connectivity index (χ4v) is 2.30. The van der Waals surface area contributed by atoms with Crippen molar-refractivity contribution in [3.8, 4) is 17.0 Å². The third-order valence-corrected chi connectivity index (χ3v) is 3.58. The Balaban J connectivity index is 1.81. The van der Waals surface area contributed by atoms with Crippen molar-refractivity contribution < 1.29 is 4.74 Å². The lowest BCUT2D eigenvalue weighted by Gasteiger charge is -2.05. The number of ether oxygens (including phenoxy) is 1. The molecule has 0 amide bonds. The predicted molar refractivity (Wildman–Crippen MR) is 86.2 cm³/mol. The van der Waals surface area contributed by atoms with E-state index in [1.54, 1.807) is 0 Å². The number of alkyl halides is 1. The zero-order valence-electron chi connectivity index (χ0n) is 11.9. The number of halogens is 1. The Hall–Kier alpha value is -2.00. The minimum Gasteiger partial charge on any atom is -0.494 e. The Morgan fingerprint density at radius 3 is 2.76 bits per heavy atom. The highest BCUT2D eigenvalue weighted by Crippen LogP contribution is 2.22. The van der Waals surface area contributed by atoms with Crippen LogP contribution in [0.15, 0.2) is 48.8 Å². The summed E-state index contributed by atoms with van der Waals surface area (Å²) < 4.78 is 7.64. The molecular formula is C17H17ClN2O. The molecule has 3 aromatic rings. The van der Waals surface area contributed by atoms with Crippen LogP contribution in [-0.2, 0) is 0 Å². The maximum atomic E-state index is 5.63. The van der Waals surface area contributed by atoms with Gasteiger partial charge in [0, 0.05) is 23.8 Å². The molecule has 0 fully saturated rings. The molecule has 0 aliphatic heterocycles. The summed E-state index contributed by atoms with van der Waals surface area (Å²) >= 11 is 5.63. The molecule has 0 saturated carbocycles. The van der Waals surface area contributed by atoms with Crippen LogP contribution in [0.4, 0.5) is 0 Å². The van der Waals surface area contributed by atoms with Crippen LogP contribution in [0, 0.1) is 6.92 Å². The quantitative estimate of drug-likeness (QED) is 0.518. The molecule has 0 spiro atoms. The van der Waals surface area contributed by atoms with Crippen LogP contribution < -0.4 is 4.74 Å². The summed E-state index contributed by atoms with van der Waals surface area (Å²) in [6.07, 6.45) is 4.93. The fourth-order valence-electron chi connectivity index (χ4n) is 2.19. The molecule has 21 heavy (non-hydrogen) atoms. The topological polar surface area (TPSA) is 26.5 Å². The first-order chi connectivity index (χ1) is 10.3. The van der Waals surface area contributed by atoms with Crippen LogP contribution >= 0.6 is 11.6 Å². The van der Waals surface area contributed by atoms with Gasteiger partial charge in [-0.2, -0.15) is 0 Å². The van der Waals surface area contributed by atoms with E-state index in [-0.39, 0.29) is 0 Å². The van der Waals surface area contributed by atoms with Gasteiger partial charge in [0.15, 0.2) is 0 Å². The first kappa shape index (κ1) is 14.0. The van der Waals surface area contributed by atoms with Gasteiger partial charge in [0.25, 0.3) is 0 Å². The van der Waals surface area contributed by atoms with Crippen LogP contribution in [0.3, 0.4) is 0 Å². The molecule has 0 aliphatic carbocycles. The molecule has 0 N–H and O–H groups in total. The van der Waals surface area contributed by atoms with E-state index in [0.29, 0.717) is 12.5 Å². The molecule has 0 saturated heterocycles. The highest BCUT2D eigenvalue weighted by molar-refractivity contribution is 6.17. The summed E-state index contributed by atoms with van der Waals surface area (Å²) in [5.41, 5.74) is 4.23. The van der Waals surface area contributed by atoms with Crippen molar-refractivity contribution in [3.05, 3.63) is 54.4 Å². The van der Waals surface area contributed by atoms with Crippen molar-refractivity contribution in [1.29, 1.82) is 0 Å². The standard InChI is InChI=1S/C17H17ClN2O/c1-13-7-9-20-12-16(19-17(20)11-13)14-3-5-15(6-4-14)21-10-2-8-18/h3-7,9,11-12H,2,8,10H2,1H3. The molecule has 0 radical (unpaired) electrons. The smallest absolute Gasteiger partial charge is 0.137 e. The van der Waals surface area contributed by atoms with Crippen molar-refractivity contribution in [2.24, 2.45) is 0 Å². The van der Waals surface area contributed by atoms with Crippen molar-refractivity contribution >= 4 is 17.2 Å². The largest absolute Gasteiger partial charge is 0.494 e. The maximum absolute atomic E-state index is 5.63. The van der Waals surface area contributed by atoms with Crippen molar-refractivity contribution in [2.45, 2.75) is 13.3 Å². The molecule has 0 atom stereocenters. The SMILES string of the molecule is Cc1ccn2cc(-c3ccc(OCCCCl)cc3)nc2c1. The van der Waals surface area contributed by atoms with Gasteiger partial charge in [-0.1, -0.05) is 0 Å². The van der Waals surface area contributed by atoms with Crippen molar-refractivity contribution in [2.75, 3.05) is 12.5 Å². The number of rotatable bonds is 5. The summed E-state index contributed by atoms with van der Waals surface area (Å²) in [7, 11) is 0. The molecule has 3 rings (SSSR count). The zero-order valence-corrected chi connectivity index (χ0v) is 12.7. The number of nitrogens with zero attached hydrogens (tertiary/aromatic N) is 2. The molecule has 2 heterocycles. The second-order valence-corrected chi connectivity index (χ2v) is 5.39. The second-order valence-electron chi connectivity index (χ2n) is 5.01. The van der Waals surface area contributed by atoms with Crippen LogP contribution in [-0.4, -0.2) is 21.9 Å². The lowest BCUT2D eigenvalue weighted by molar-refractivity contribution is 0.318. The average molecular weight is 301 g/mol. The Labute approximate surface area is 129 Å². The highest BCUT2D eigenvalue weighted by Gasteiger charge is 2.05. The van der Waals surface area contributed by atoms with E-state index >= 15 is 0 Å². The zero-order chi connectivity index (χ0) is 14.7. The van der Waals surface area contributed by atoms with E-state index in [2.05, 4.69) is 24.0 Å². The number of aryl methyl sites for hydroxylation is 1. The Morgan fingerprint density at radius 1 is 1.19 bits per heavy atom. The normalized spacial score (nSPS) is 11.0. The number of aromatic nitrogens is 2. The monoisotopic (exact) mass is 300 g/mol. The molecule has 0 unspecified atom stereocenters. The highest BCUT2D eigenvalue weighted by atomic mass is 35.5. The number of hydrogen-bond acceptors (Lipinski definition) is 2. The van der Waals surface area contributed by atoms with Crippen molar-refractivity contribution in [1.82, 2.24) is 9.38 Å². The van der Waals surface area contributed by atoms with Gasteiger partial charge >= 0.3 is 0 Å². The van der Waals surface area contributed by atoms with Gasteiger partial charge in [0.05, 0.1) is 12.3 Å². The first-order valence-corrected chi connectivity index (χ1v) is 7.54. The summed E-state index contributed by atoms with van der Waals surface area (Å²) in [6.45, 7) is 2.72. The fraction of sp³-hybridized carbons (Fsp3) is 0.235. The molecule has 0 bridgehead atoms. The van der Waals surface area contributed by atoms with E-state index in [1.165, 1.54) is 5.56 Å². The van der Waals surface area contributed by atoms with Gasteiger partial charge < -0.3 is 9.14 Å².